The van der Waals surface area contributed by atoms with Crippen molar-refractivity contribution in [1.82, 2.24) is 14.8 Å². The van der Waals surface area contributed by atoms with Crippen LogP contribution in [0.15, 0.2) is 47.5 Å². The molecule has 0 aliphatic carbocycles. The zero-order valence-electron chi connectivity index (χ0n) is 16.9. The maximum Gasteiger partial charge on any atom is 0.159 e. The van der Waals surface area contributed by atoms with Crippen molar-refractivity contribution in [1.29, 1.82) is 0 Å². The minimum atomic E-state index is -1.71. The van der Waals surface area contributed by atoms with Crippen molar-refractivity contribution in [3.8, 4) is 17.2 Å². The highest BCUT2D eigenvalue weighted by Crippen LogP contribution is 2.34. The van der Waals surface area contributed by atoms with Crippen LogP contribution in [0.25, 0.3) is 5.69 Å². The average Bonchev–Trinajstić information content (AvgIpc) is 2.98. The van der Waals surface area contributed by atoms with Crippen molar-refractivity contribution in [2.24, 2.45) is 4.99 Å². The third kappa shape index (κ3) is 3.99. The molecule has 152 valence electrons. The SMILES string of the molecule is COc1ccc2c(c1)C(c1ccc(OCS(C)(C)O)cc1)=NCc1nnc(C)n1-2. The molecule has 1 aliphatic rings. The maximum absolute atomic E-state index is 9.93. The van der Waals surface area contributed by atoms with Gasteiger partial charge in [0.1, 0.15) is 29.8 Å². The van der Waals surface area contributed by atoms with Gasteiger partial charge < -0.3 is 14.0 Å². The summed E-state index contributed by atoms with van der Waals surface area (Å²) in [6.45, 7) is 2.37. The molecule has 0 saturated heterocycles. The minimum Gasteiger partial charge on any atom is -0.497 e. The highest BCUT2D eigenvalue weighted by atomic mass is 32.3. The molecule has 0 fully saturated rings. The molecule has 1 aromatic heterocycles. The fraction of sp³-hybridized carbons (Fsp3) is 0.286. The number of hydrogen-bond donors (Lipinski definition) is 1. The molecule has 3 aromatic rings. The van der Waals surface area contributed by atoms with E-state index in [1.54, 1.807) is 19.6 Å². The second-order valence-electron chi connectivity index (χ2n) is 7.31. The molecule has 0 radical (unpaired) electrons. The Morgan fingerprint density at radius 3 is 2.48 bits per heavy atom. The Morgan fingerprint density at radius 2 is 1.79 bits per heavy atom. The lowest BCUT2D eigenvalue weighted by Gasteiger charge is -2.23. The van der Waals surface area contributed by atoms with Crippen molar-refractivity contribution in [3.63, 3.8) is 0 Å². The van der Waals surface area contributed by atoms with Gasteiger partial charge in [0.2, 0.25) is 0 Å². The smallest absolute Gasteiger partial charge is 0.159 e. The first kappa shape index (κ1) is 19.5. The molecule has 1 N–H and O–H groups in total. The topological polar surface area (TPSA) is 81.8 Å². The van der Waals surface area contributed by atoms with Crippen LogP contribution in [0.5, 0.6) is 11.5 Å². The van der Waals surface area contributed by atoms with Gasteiger partial charge in [-0.3, -0.25) is 9.56 Å². The molecule has 2 heterocycles. The molecule has 0 atom stereocenters. The molecular weight excluding hydrogens is 388 g/mol. The lowest BCUT2D eigenvalue weighted by Crippen LogP contribution is -2.09. The Bertz CT molecular complexity index is 1070. The predicted octanol–water partition coefficient (Wildman–Crippen LogP) is 3.81. The molecule has 29 heavy (non-hydrogen) atoms. The van der Waals surface area contributed by atoms with E-state index in [0.717, 1.165) is 45.7 Å². The van der Waals surface area contributed by atoms with Crippen LogP contribution in [0, 0.1) is 6.92 Å². The second kappa shape index (κ2) is 7.53. The van der Waals surface area contributed by atoms with Crippen LogP contribution < -0.4 is 9.47 Å². The number of methoxy groups -OCH3 is 1. The predicted molar refractivity (Wildman–Crippen MR) is 116 cm³/mol. The molecule has 0 bridgehead atoms. The van der Waals surface area contributed by atoms with Crippen LogP contribution in [-0.4, -0.2) is 50.6 Å². The lowest BCUT2D eigenvalue weighted by atomic mass is 10.00. The van der Waals surface area contributed by atoms with Crippen molar-refractivity contribution < 1.29 is 14.0 Å². The number of aliphatic imine (C=N–C) groups is 1. The first-order valence-corrected chi connectivity index (χ1v) is 11.7. The summed E-state index contributed by atoms with van der Waals surface area (Å²) >= 11 is 0. The lowest BCUT2D eigenvalue weighted by molar-refractivity contribution is 0.378. The number of benzene rings is 2. The van der Waals surface area contributed by atoms with Crippen LogP contribution >= 0.6 is 10.3 Å². The highest BCUT2D eigenvalue weighted by Gasteiger charge is 2.22. The molecule has 8 heteroatoms. The van der Waals surface area contributed by atoms with Gasteiger partial charge in [0.25, 0.3) is 0 Å². The fourth-order valence-corrected chi connectivity index (χ4v) is 3.68. The second-order valence-corrected chi connectivity index (χ2v) is 10.5. The molecule has 1 aliphatic heterocycles. The highest BCUT2D eigenvalue weighted by molar-refractivity contribution is 8.27. The van der Waals surface area contributed by atoms with Crippen molar-refractivity contribution >= 4 is 16.0 Å². The first-order valence-electron chi connectivity index (χ1n) is 9.16. The minimum absolute atomic E-state index is 0.306. The van der Waals surface area contributed by atoms with Gasteiger partial charge in [-0.15, -0.1) is 20.5 Å². The van der Waals surface area contributed by atoms with Crippen LogP contribution in [0.3, 0.4) is 0 Å². The molecule has 0 unspecified atom stereocenters. The van der Waals surface area contributed by atoms with E-state index in [0.29, 0.717) is 12.5 Å². The van der Waals surface area contributed by atoms with E-state index in [1.165, 1.54) is 0 Å². The average molecular weight is 413 g/mol. The van der Waals surface area contributed by atoms with Crippen LogP contribution in [-0.2, 0) is 6.54 Å². The van der Waals surface area contributed by atoms with Gasteiger partial charge in [-0.05, 0) is 61.9 Å². The largest absolute Gasteiger partial charge is 0.497 e. The molecule has 7 nitrogen and oxygen atoms in total. The molecule has 0 spiro atoms. The number of aromatic nitrogens is 3. The zero-order valence-corrected chi connectivity index (χ0v) is 17.7. The van der Waals surface area contributed by atoms with Crippen molar-refractivity contribution in [3.05, 3.63) is 65.2 Å². The molecule has 2 aromatic carbocycles. The third-order valence-electron chi connectivity index (χ3n) is 4.61. The van der Waals surface area contributed by atoms with Crippen LogP contribution in [0.4, 0.5) is 0 Å². The van der Waals surface area contributed by atoms with Crippen molar-refractivity contribution in [2.45, 2.75) is 13.5 Å². The Kier molecular flexibility index (Phi) is 5.06. The van der Waals surface area contributed by atoms with E-state index in [1.807, 2.05) is 54.0 Å². The van der Waals surface area contributed by atoms with Crippen LogP contribution in [0.2, 0.25) is 0 Å². The monoisotopic (exact) mass is 412 g/mol. The maximum atomic E-state index is 9.93. The number of rotatable bonds is 5. The summed E-state index contributed by atoms with van der Waals surface area (Å²) in [4.78, 5) is 4.84. The summed E-state index contributed by atoms with van der Waals surface area (Å²) in [5.41, 5.74) is 3.77. The number of aryl methyl sites for hydroxylation is 1. The van der Waals surface area contributed by atoms with Crippen LogP contribution in [0.1, 0.15) is 22.8 Å². The summed E-state index contributed by atoms with van der Waals surface area (Å²) < 4.78 is 23.1. The standard InChI is InChI=1S/C21H24N4O3S/c1-14-23-24-20-12-22-21(18-11-17(27-2)9-10-19(18)25(14)20)15-5-7-16(8-6-15)28-13-29(3,4)26/h5-11,26H,12-13H2,1-4H3. The van der Waals surface area contributed by atoms with Gasteiger partial charge in [0.15, 0.2) is 5.82 Å². The zero-order chi connectivity index (χ0) is 20.6. The first-order chi connectivity index (χ1) is 13.9. The van der Waals surface area contributed by atoms with Crippen molar-refractivity contribution in [2.75, 3.05) is 25.6 Å². The number of nitrogens with zero attached hydrogens (tertiary/aromatic N) is 4. The molecule has 0 saturated carbocycles. The van der Waals surface area contributed by atoms with E-state index < -0.39 is 10.3 Å². The summed E-state index contributed by atoms with van der Waals surface area (Å²) in [5.74, 6) is 3.41. The fourth-order valence-electron chi connectivity index (χ4n) is 3.25. The Morgan fingerprint density at radius 1 is 1.07 bits per heavy atom. The number of hydrogen-bond acceptors (Lipinski definition) is 6. The van der Waals surface area contributed by atoms with Gasteiger partial charge in [-0.2, -0.15) is 0 Å². The van der Waals surface area contributed by atoms with Gasteiger partial charge in [-0.25, -0.2) is 0 Å². The Hall–Kier alpha value is -2.84. The van der Waals surface area contributed by atoms with E-state index >= 15 is 0 Å². The Balaban J connectivity index is 1.74. The molecular formula is C21H24N4O3S. The van der Waals surface area contributed by atoms with Gasteiger partial charge in [-0.1, -0.05) is 0 Å². The van der Waals surface area contributed by atoms with Gasteiger partial charge in [0.05, 0.1) is 18.5 Å². The molecule has 4 rings (SSSR count). The summed E-state index contributed by atoms with van der Waals surface area (Å²) in [6, 6.07) is 13.7. The third-order valence-corrected chi connectivity index (χ3v) is 5.31. The quantitative estimate of drug-likeness (QED) is 0.689. The number of ether oxygens (including phenoxy) is 2. The molecule has 0 amide bonds. The van der Waals surface area contributed by atoms with Gasteiger partial charge in [0, 0.05) is 11.1 Å². The summed E-state index contributed by atoms with van der Waals surface area (Å²) in [7, 11) is -0.0550. The normalized spacial score (nSPS) is 13.8. The summed E-state index contributed by atoms with van der Waals surface area (Å²) in [6.07, 6.45) is 3.60. The number of fused-ring (bicyclic) bond motifs is 3. The summed E-state index contributed by atoms with van der Waals surface area (Å²) in [5, 5.41) is 8.49. The Labute approximate surface area is 171 Å². The van der Waals surface area contributed by atoms with E-state index in [-0.39, 0.29) is 0 Å². The van der Waals surface area contributed by atoms with E-state index in [2.05, 4.69) is 10.2 Å². The van der Waals surface area contributed by atoms with Gasteiger partial charge >= 0.3 is 0 Å². The van der Waals surface area contributed by atoms with E-state index in [4.69, 9.17) is 14.5 Å². The van der Waals surface area contributed by atoms with E-state index in [9.17, 15) is 4.55 Å².